The molecule has 1 aromatic heterocycles. The second-order valence-electron chi connectivity index (χ2n) is 3.98. The van der Waals surface area contributed by atoms with Gasteiger partial charge in [-0.1, -0.05) is 6.07 Å². The average molecular weight is 260 g/mol. The average Bonchev–Trinajstić information content (AvgIpc) is 2.92. The van der Waals surface area contributed by atoms with Crippen molar-refractivity contribution < 1.29 is 9.72 Å². The molecule has 2 aromatic rings. The Bertz CT molecular complexity index is 595. The van der Waals surface area contributed by atoms with Crippen LogP contribution in [0.15, 0.2) is 36.9 Å². The number of hydrogen-bond donors (Lipinski definition) is 1. The number of benzene rings is 1. The van der Waals surface area contributed by atoms with E-state index in [1.165, 1.54) is 12.1 Å². The highest BCUT2D eigenvalue weighted by Crippen LogP contribution is 2.29. The molecule has 0 aliphatic carbocycles. The summed E-state index contributed by atoms with van der Waals surface area (Å²) in [6, 6.07) is 4.64. The quantitative estimate of drug-likeness (QED) is 0.505. The van der Waals surface area contributed by atoms with Crippen LogP contribution in [0, 0.1) is 10.1 Å². The van der Waals surface area contributed by atoms with Crippen LogP contribution in [-0.4, -0.2) is 20.9 Å². The van der Waals surface area contributed by atoms with Crippen molar-refractivity contribution in [1.29, 1.82) is 0 Å². The third kappa shape index (κ3) is 2.59. The van der Waals surface area contributed by atoms with Crippen LogP contribution in [0.5, 0.6) is 0 Å². The second kappa shape index (κ2) is 5.30. The van der Waals surface area contributed by atoms with E-state index in [-0.39, 0.29) is 17.4 Å². The van der Waals surface area contributed by atoms with Crippen molar-refractivity contribution in [2.24, 2.45) is 0 Å². The van der Waals surface area contributed by atoms with Gasteiger partial charge in [-0.05, 0) is 18.6 Å². The molecule has 0 spiro atoms. The van der Waals surface area contributed by atoms with E-state index in [0.29, 0.717) is 6.41 Å². The van der Waals surface area contributed by atoms with Crippen molar-refractivity contribution in [2.75, 3.05) is 5.32 Å². The van der Waals surface area contributed by atoms with E-state index >= 15 is 0 Å². The first-order valence-electron chi connectivity index (χ1n) is 5.59. The minimum Gasteiger partial charge on any atom is -0.330 e. The van der Waals surface area contributed by atoms with E-state index in [4.69, 9.17) is 0 Å². The minimum atomic E-state index is -0.518. The standard InChI is InChI=1S/C12H12N4O3/c1-9(15-5-4-13-7-15)10-2-3-11(14-8-17)12(6-10)16(18)19/h2-9H,1H3,(H,14,17). The highest BCUT2D eigenvalue weighted by Gasteiger charge is 2.17. The van der Waals surface area contributed by atoms with Gasteiger partial charge in [-0.2, -0.15) is 0 Å². The summed E-state index contributed by atoms with van der Waals surface area (Å²) in [6.07, 6.45) is 5.50. The Morgan fingerprint density at radius 3 is 2.89 bits per heavy atom. The van der Waals surface area contributed by atoms with Crippen LogP contribution in [0.25, 0.3) is 0 Å². The first-order chi connectivity index (χ1) is 9.13. The van der Waals surface area contributed by atoms with E-state index in [1.807, 2.05) is 11.5 Å². The molecule has 0 bridgehead atoms. The summed E-state index contributed by atoms with van der Waals surface area (Å²) in [6.45, 7) is 1.91. The highest BCUT2D eigenvalue weighted by molar-refractivity contribution is 5.77. The van der Waals surface area contributed by atoms with Crippen LogP contribution in [0.2, 0.25) is 0 Å². The Morgan fingerprint density at radius 2 is 2.32 bits per heavy atom. The lowest BCUT2D eigenvalue weighted by Crippen LogP contribution is -2.06. The predicted molar refractivity (Wildman–Crippen MR) is 68.8 cm³/mol. The molecule has 2 rings (SSSR count). The molecule has 1 aromatic carbocycles. The Labute approximate surface area is 109 Å². The fourth-order valence-electron chi connectivity index (χ4n) is 1.82. The molecule has 1 heterocycles. The van der Waals surface area contributed by atoms with Gasteiger partial charge in [0.25, 0.3) is 5.69 Å². The lowest BCUT2D eigenvalue weighted by molar-refractivity contribution is -0.384. The van der Waals surface area contributed by atoms with E-state index in [2.05, 4.69) is 10.3 Å². The molecule has 0 saturated carbocycles. The number of amides is 1. The zero-order valence-corrected chi connectivity index (χ0v) is 10.2. The smallest absolute Gasteiger partial charge is 0.293 e. The molecule has 0 saturated heterocycles. The lowest BCUT2D eigenvalue weighted by atomic mass is 10.1. The fraction of sp³-hybridized carbons (Fsp3) is 0.167. The van der Waals surface area contributed by atoms with Crippen molar-refractivity contribution in [1.82, 2.24) is 9.55 Å². The van der Waals surface area contributed by atoms with Crippen molar-refractivity contribution >= 4 is 17.8 Å². The molecular formula is C12H12N4O3. The third-order valence-corrected chi connectivity index (χ3v) is 2.89. The predicted octanol–water partition coefficient (Wildman–Crippen LogP) is 1.97. The molecule has 1 unspecified atom stereocenters. The van der Waals surface area contributed by atoms with Gasteiger partial charge >= 0.3 is 0 Å². The molecule has 1 N–H and O–H groups in total. The summed E-state index contributed by atoms with van der Waals surface area (Å²) >= 11 is 0. The summed E-state index contributed by atoms with van der Waals surface area (Å²) in [5, 5.41) is 13.3. The molecule has 7 heteroatoms. The van der Waals surface area contributed by atoms with Crippen LogP contribution in [0.4, 0.5) is 11.4 Å². The van der Waals surface area contributed by atoms with Crippen LogP contribution in [0.3, 0.4) is 0 Å². The van der Waals surface area contributed by atoms with Gasteiger partial charge in [0.1, 0.15) is 5.69 Å². The van der Waals surface area contributed by atoms with Gasteiger partial charge in [0.2, 0.25) is 6.41 Å². The van der Waals surface area contributed by atoms with E-state index in [1.54, 1.807) is 24.8 Å². The Kier molecular flexibility index (Phi) is 3.56. The van der Waals surface area contributed by atoms with E-state index < -0.39 is 4.92 Å². The molecule has 1 amide bonds. The van der Waals surface area contributed by atoms with Crippen molar-refractivity contribution in [3.63, 3.8) is 0 Å². The summed E-state index contributed by atoms with van der Waals surface area (Å²) in [7, 11) is 0. The van der Waals surface area contributed by atoms with E-state index in [9.17, 15) is 14.9 Å². The van der Waals surface area contributed by atoms with Crippen LogP contribution < -0.4 is 5.32 Å². The molecule has 0 fully saturated rings. The maximum Gasteiger partial charge on any atom is 0.293 e. The van der Waals surface area contributed by atoms with Gasteiger partial charge in [-0.25, -0.2) is 4.98 Å². The van der Waals surface area contributed by atoms with Crippen molar-refractivity contribution in [2.45, 2.75) is 13.0 Å². The van der Waals surface area contributed by atoms with Gasteiger partial charge in [0, 0.05) is 18.5 Å². The number of nitro benzene ring substituents is 1. The topological polar surface area (TPSA) is 90.1 Å². The number of nitrogens with one attached hydrogen (secondary N) is 1. The lowest BCUT2D eigenvalue weighted by Gasteiger charge is -2.14. The molecule has 98 valence electrons. The summed E-state index contributed by atoms with van der Waals surface area (Å²) in [4.78, 5) is 24.8. The molecule has 0 aliphatic heterocycles. The molecule has 19 heavy (non-hydrogen) atoms. The van der Waals surface area contributed by atoms with Gasteiger partial charge in [0.05, 0.1) is 17.3 Å². The second-order valence-corrected chi connectivity index (χ2v) is 3.98. The Hall–Kier alpha value is -2.70. The number of carbonyl (C=O) groups is 1. The van der Waals surface area contributed by atoms with Crippen LogP contribution in [-0.2, 0) is 4.79 Å². The molecular weight excluding hydrogens is 248 g/mol. The van der Waals surface area contributed by atoms with Gasteiger partial charge in [-0.15, -0.1) is 0 Å². The summed E-state index contributed by atoms with van der Waals surface area (Å²) < 4.78 is 1.84. The maximum absolute atomic E-state index is 11.0. The van der Waals surface area contributed by atoms with Gasteiger partial charge < -0.3 is 9.88 Å². The first-order valence-corrected chi connectivity index (χ1v) is 5.59. The normalized spacial score (nSPS) is 11.8. The molecule has 0 aliphatic rings. The minimum absolute atomic E-state index is 0.0773. The summed E-state index contributed by atoms with van der Waals surface area (Å²) in [5.41, 5.74) is 0.819. The zero-order chi connectivity index (χ0) is 13.8. The number of hydrogen-bond acceptors (Lipinski definition) is 4. The third-order valence-electron chi connectivity index (χ3n) is 2.89. The van der Waals surface area contributed by atoms with Crippen LogP contribution in [0.1, 0.15) is 18.5 Å². The Balaban J connectivity index is 2.40. The fourth-order valence-corrected chi connectivity index (χ4v) is 1.82. The number of imidazole rings is 1. The van der Waals surface area contributed by atoms with Crippen molar-refractivity contribution in [3.05, 3.63) is 52.6 Å². The number of nitrogens with zero attached hydrogens (tertiary/aromatic N) is 3. The SMILES string of the molecule is CC(c1ccc(NC=O)c([N+](=O)[O-])c1)n1ccnc1. The first kappa shape index (κ1) is 12.7. The van der Waals surface area contributed by atoms with Crippen molar-refractivity contribution in [3.8, 4) is 0 Å². The summed E-state index contributed by atoms with van der Waals surface area (Å²) in [5.74, 6) is 0. The molecule has 1 atom stereocenters. The Morgan fingerprint density at radius 1 is 1.53 bits per heavy atom. The highest BCUT2D eigenvalue weighted by atomic mass is 16.6. The zero-order valence-electron chi connectivity index (χ0n) is 10.2. The number of nitro groups is 1. The maximum atomic E-state index is 11.0. The largest absolute Gasteiger partial charge is 0.330 e. The van der Waals surface area contributed by atoms with Gasteiger partial charge in [0.15, 0.2) is 0 Å². The number of anilines is 1. The molecule has 0 radical (unpaired) electrons. The monoisotopic (exact) mass is 260 g/mol. The van der Waals surface area contributed by atoms with Crippen LogP contribution >= 0.6 is 0 Å². The van der Waals surface area contributed by atoms with E-state index in [0.717, 1.165) is 5.56 Å². The number of carbonyl (C=O) groups excluding carboxylic acids is 1. The van der Waals surface area contributed by atoms with Gasteiger partial charge in [-0.3, -0.25) is 14.9 Å². The number of rotatable bonds is 5. The number of aromatic nitrogens is 2. The molecule has 7 nitrogen and oxygen atoms in total.